The molecule has 20 heavy (non-hydrogen) atoms. The first-order valence-electron chi connectivity index (χ1n) is 6.60. The van der Waals surface area contributed by atoms with Crippen LogP contribution >= 0.6 is 0 Å². The molecule has 4 nitrogen and oxygen atoms in total. The lowest BCUT2D eigenvalue weighted by molar-refractivity contribution is 0.0943. The Bertz CT molecular complexity index is 527. The van der Waals surface area contributed by atoms with Crippen molar-refractivity contribution < 1.29 is 9.90 Å². The number of aryl methyl sites for hydroxylation is 1. The van der Waals surface area contributed by atoms with Crippen molar-refractivity contribution in [3.8, 4) is 11.8 Å². The van der Waals surface area contributed by atoms with Gasteiger partial charge in [-0.1, -0.05) is 17.9 Å². The van der Waals surface area contributed by atoms with E-state index in [1.54, 1.807) is 6.07 Å². The molecule has 1 amide bonds. The summed E-state index contributed by atoms with van der Waals surface area (Å²) >= 11 is 0. The third-order valence-electron chi connectivity index (χ3n) is 3.16. The van der Waals surface area contributed by atoms with Gasteiger partial charge in [-0.2, -0.15) is 0 Å². The summed E-state index contributed by atoms with van der Waals surface area (Å²) in [5, 5.41) is 11.7. The normalized spacial score (nSPS) is 11.7. The highest BCUT2D eigenvalue weighted by Crippen LogP contribution is 2.11. The number of hydrogen-bond acceptors (Lipinski definition) is 3. The number of rotatable bonds is 4. The van der Waals surface area contributed by atoms with Gasteiger partial charge in [0.1, 0.15) is 6.61 Å². The van der Waals surface area contributed by atoms with E-state index in [9.17, 15) is 4.79 Å². The van der Waals surface area contributed by atoms with Crippen molar-refractivity contribution in [3.63, 3.8) is 0 Å². The van der Waals surface area contributed by atoms with Crippen LogP contribution in [-0.4, -0.2) is 49.2 Å². The number of amides is 1. The smallest absolute Gasteiger partial charge is 0.252 e. The van der Waals surface area contributed by atoms with Crippen LogP contribution in [0.5, 0.6) is 0 Å². The summed E-state index contributed by atoms with van der Waals surface area (Å²) in [6.45, 7) is 4.35. The predicted molar refractivity (Wildman–Crippen MR) is 80.6 cm³/mol. The number of likely N-dealkylation sites (N-methyl/N-ethyl adjacent to an activating group) is 1. The second kappa shape index (κ2) is 7.68. The van der Waals surface area contributed by atoms with Crippen LogP contribution in [0.25, 0.3) is 0 Å². The molecule has 1 aromatic rings. The Morgan fingerprint density at radius 3 is 2.75 bits per heavy atom. The van der Waals surface area contributed by atoms with Gasteiger partial charge in [0, 0.05) is 18.2 Å². The summed E-state index contributed by atoms with van der Waals surface area (Å²) in [6, 6.07) is 5.77. The van der Waals surface area contributed by atoms with Crippen molar-refractivity contribution >= 4 is 5.91 Å². The van der Waals surface area contributed by atoms with Crippen molar-refractivity contribution in [1.29, 1.82) is 0 Å². The number of aliphatic hydroxyl groups excluding tert-OH is 1. The molecule has 2 N–H and O–H groups in total. The monoisotopic (exact) mass is 274 g/mol. The van der Waals surface area contributed by atoms with E-state index < -0.39 is 0 Å². The minimum atomic E-state index is -0.216. The zero-order chi connectivity index (χ0) is 15.1. The molecule has 0 saturated heterocycles. The van der Waals surface area contributed by atoms with Gasteiger partial charge in [-0.25, -0.2) is 0 Å². The number of benzene rings is 1. The van der Waals surface area contributed by atoms with Gasteiger partial charge < -0.3 is 15.3 Å². The molecule has 0 fully saturated rings. The molecular weight excluding hydrogens is 252 g/mol. The number of carbonyl (C=O) groups excluding carboxylic acids is 1. The molecule has 0 aromatic heterocycles. The van der Waals surface area contributed by atoms with E-state index >= 15 is 0 Å². The fraction of sp³-hybridized carbons (Fsp3) is 0.438. The number of nitrogens with zero attached hydrogens (tertiary/aromatic N) is 1. The van der Waals surface area contributed by atoms with E-state index in [-0.39, 0.29) is 18.6 Å². The summed E-state index contributed by atoms with van der Waals surface area (Å²) in [7, 11) is 3.95. The summed E-state index contributed by atoms with van der Waals surface area (Å²) in [6.07, 6.45) is 0. The maximum atomic E-state index is 12.2. The van der Waals surface area contributed by atoms with E-state index in [0.717, 1.165) is 5.56 Å². The van der Waals surface area contributed by atoms with Crippen LogP contribution in [0.3, 0.4) is 0 Å². The molecule has 0 radical (unpaired) electrons. The Kier molecular flexibility index (Phi) is 6.23. The van der Waals surface area contributed by atoms with Crippen LogP contribution in [0.15, 0.2) is 18.2 Å². The molecule has 0 saturated carbocycles. The predicted octanol–water partition coefficient (Wildman–Crippen LogP) is 1.02. The first-order valence-corrected chi connectivity index (χ1v) is 6.60. The second-order valence-corrected chi connectivity index (χ2v) is 5.03. The summed E-state index contributed by atoms with van der Waals surface area (Å²) in [5.74, 6) is 5.27. The van der Waals surface area contributed by atoms with Crippen LogP contribution in [0.2, 0.25) is 0 Å². The van der Waals surface area contributed by atoms with E-state index in [4.69, 9.17) is 5.11 Å². The van der Waals surface area contributed by atoms with E-state index in [1.165, 1.54) is 0 Å². The third kappa shape index (κ3) is 4.69. The topological polar surface area (TPSA) is 52.6 Å². The number of carbonyl (C=O) groups is 1. The Labute approximate surface area is 120 Å². The highest BCUT2D eigenvalue weighted by atomic mass is 16.2. The summed E-state index contributed by atoms with van der Waals surface area (Å²) in [5.41, 5.74) is 2.22. The quantitative estimate of drug-likeness (QED) is 0.806. The standard InChI is InChI=1S/C16H22N2O2/c1-12-7-8-15(14(10-12)6-5-9-19)16(20)17-11-13(2)18(3)4/h7-8,10,13,19H,9,11H2,1-4H3,(H,17,20). The van der Waals surface area contributed by atoms with Crippen LogP contribution in [-0.2, 0) is 0 Å². The largest absolute Gasteiger partial charge is 0.384 e. The zero-order valence-electron chi connectivity index (χ0n) is 12.5. The second-order valence-electron chi connectivity index (χ2n) is 5.03. The molecular formula is C16H22N2O2. The maximum Gasteiger partial charge on any atom is 0.252 e. The van der Waals surface area contributed by atoms with Crippen LogP contribution < -0.4 is 5.32 Å². The van der Waals surface area contributed by atoms with Gasteiger partial charge in [0.25, 0.3) is 5.91 Å². The molecule has 1 unspecified atom stereocenters. The van der Waals surface area contributed by atoms with Gasteiger partial charge in [0.2, 0.25) is 0 Å². The zero-order valence-corrected chi connectivity index (χ0v) is 12.5. The van der Waals surface area contributed by atoms with E-state index in [1.807, 2.05) is 45.0 Å². The molecule has 0 bridgehead atoms. The molecule has 0 aliphatic carbocycles. The van der Waals surface area contributed by atoms with Crippen molar-refractivity contribution in [1.82, 2.24) is 10.2 Å². The van der Waals surface area contributed by atoms with E-state index in [2.05, 4.69) is 17.2 Å². The van der Waals surface area contributed by atoms with Crippen molar-refractivity contribution in [2.45, 2.75) is 19.9 Å². The molecule has 0 heterocycles. The van der Waals surface area contributed by atoms with Crippen molar-refractivity contribution in [2.24, 2.45) is 0 Å². The highest BCUT2D eigenvalue weighted by molar-refractivity contribution is 5.96. The lowest BCUT2D eigenvalue weighted by atomic mass is 10.0. The lowest BCUT2D eigenvalue weighted by Gasteiger charge is -2.20. The SMILES string of the molecule is Cc1ccc(C(=O)NCC(C)N(C)C)c(C#CCO)c1. The van der Waals surface area contributed by atoms with Gasteiger partial charge in [-0.15, -0.1) is 0 Å². The van der Waals surface area contributed by atoms with Crippen LogP contribution in [0, 0.1) is 18.8 Å². The molecule has 0 spiro atoms. The number of aliphatic hydroxyl groups is 1. The third-order valence-corrected chi connectivity index (χ3v) is 3.16. The first kappa shape index (κ1) is 16.2. The summed E-state index contributed by atoms with van der Waals surface area (Å²) < 4.78 is 0. The average Bonchev–Trinajstić information content (AvgIpc) is 2.42. The van der Waals surface area contributed by atoms with Crippen LogP contribution in [0.1, 0.15) is 28.4 Å². The molecule has 1 atom stereocenters. The van der Waals surface area contributed by atoms with Gasteiger partial charge in [-0.3, -0.25) is 4.79 Å². The Morgan fingerprint density at radius 1 is 1.45 bits per heavy atom. The molecule has 0 aliphatic rings. The lowest BCUT2D eigenvalue weighted by Crippen LogP contribution is -2.38. The van der Waals surface area contributed by atoms with Crippen molar-refractivity contribution in [2.75, 3.05) is 27.2 Å². The van der Waals surface area contributed by atoms with Gasteiger partial charge in [0.05, 0.1) is 5.56 Å². The Morgan fingerprint density at radius 2 is 2.15 bits per heavy atom. The first-order chi connectivity index (χ1) is 9.45. The molecule has 108 valence electrons. The minimum absolute atomic E-state index is 0.138. The average molecular weight is 274 g/mol. The van der Waals surface area contributed by atoms with E-state index in [0.29, 0.717) is 17.7 Å². The minimum Gasteiger partial charge on any atom is -0.384 e. The highest BCUT2D eigenvalue weighted by Gasteiger charge is 2.12. The van der Waals surface area contributed by atoms with Gasteiger partial charge in [-0.05, 0) is 45.6 Å². The van der Waals surface area contributed by atoms with Crippen LogP contribution in [0.4, 0.5) is 0 Å². The molecule has 4 heteroatoms. The Hall–Kier alpha value is -1.83. The molecule has 1 aromatic carbocycles. The maximum absolute atomic E-state index is 12.2. The fourth-order valence-corrected chi connectivity index (χ4v) is 1.61. The van der Waals surface area contributed by atoms with Gasteiger partial charge >= 0.3 is 0 Å². The Balaban J connectivity index is 2.87. The molecule has 0 aliphatic heterocycles. The summed E-state index contributed by atoms with van der Waals surface area (Å²) in [4.78, 5) is 14.3. The number of nitrogens with one attached hydrogen (secondary N) is 1. The number of hydrogen-bond donors (Lipinski definition) is 2. The molecule has 1 rings (SSSR count). The van der Waals surface area contributed by atoms with Crippen molar-refractivity contribution in [3.05, 3.63) is 34.9 Å². The van der Waals surface area contributed by atoms with Gasteiger partial charge in [0.15, 0.2) is 0 Å². The fourth-order valence-electron chi connectivity index (χ4n) is 1.61.